The van der Waals surface area contributed by atoms with Crippen LogP contribution < -0.4 is 0 Å². The molecule has 272 valence electrons. The summed E-state index contributed by atoms with van der Waals surface area (Å²) in [5.74, 6) is -2.36. The van der Waals surface area contributed by atoms with Gasteiger partial charge in [-0.05, 0) is 104 Å². The van der Waals surface area contributed by atoms with Gasteiger partial charge in [-0.1, -0.05) is 53.2 Å². The van der Waals surface area contributed by atoms with Gasteiger partial charge < -0.3 is 45.2 Å². The van der Waals surface area contributed by atoms with Crippen LogP contribution in [0.25, 0.3) is 0 Å². The van der Waals surface area contributed by atoms with Crippen LogP contribution in [0.2, 0.25) is 0 Å². The molecule has 5 aliphatic carbocycles. The minimum Gasteiger partial charge on any atom is -0.481 e. The maximum Gasteiger partial charge on any atom is 0.312 e. The molecule has 0 spiro atoms. The molecule has 6 rings (SSSR count). The van der Waals surface area contributed by atoms with E-state index in [1.165, 1.54) is 5.57 Å². The van der Waals surface area contributed by atoms with Gasteiger partial charge >= 0.3 is 11.9 Å². The van der Waals surface area contributed by atoms with Crippen molar-refractivity contribution < 1.29 is 54.8 Å². The molecule has 15 atom stereocenters. The quantitative estimate of drug-likeness (QED) is 0.166. The fourth-order valence-corrected chi connectivity index (χ4v) is 12.6. The number of allylic oxidation sites excluding steroid dienone is 2. The van der Waals surface area contributed by atoms with Crippen molar-refractivity contribution in [1.82, 2.24) is 0 Å². The molecule has 48 heavy (non-hydrogen) atoms. The van der Waals surface area contributed by atoms with Crippen molar-refractivity contribution in [3.63, 3.8) is 0 Å². The van der Waals surface area contributed by atoms with Crippen LogP contribution in [0.15, 0.2) is 11.6 Å². The minimum atomic E-state index is -1.73. The second-order valence-electron chi connectivity index (χ2n) is 18.4. The summed E-state index contributed by atoms with van der Waals surface area (Å²) in [6.07, 6.45) is -2.33. The highest BCUT2D eigenvalue weighted by Crippen LogP contribution is 2.80. The van der Waals surface area contributed by atoms with Gasteiger partial charge in [0, 0.05) is 0 Å². The van der Waals surface area contributed by atoms with Crippen molar-refractivity contribution in [1.29, 1.82) is 0 Å². The molecular weight excluding hydrogens is 620 g/mol. The summed E-state index contributed by atoms with van der Waals surface area (Å²) in [6, 6.07) is 0. The Balaban J connectivity index is 1.40. The average Bonchev–Trinajstić information content (AvgIpc) is 3.00. The van der Waals surface area contributed by atoms with Crippen LogP contribution in [0.4, 0.5) is 0 Å². The summed E-state index contributed by atoms with van der Waals surface area (Å²) < 4.78 is 11.7. The molecule has 1 heterocycles. The number of fused-ring (bicyclic) bond motifs is 7. The predicted molar refractivity (Wildman–Crippen MR) is 173 cm³/mol. The number of rotatable bonds is 5. The summed E-state index contributed by atoms with van der Waals surface area (Å²) in [5.41, 5.74) is -2.92. The Hall–Kier alpha value is -1.60. The number of aliphatic carboxylic acids is 2. The first-order chi connectivity index (χ1) is 22.1. The SMILES string of the molecule is CC1(C)CC[C@]2(C(=O)O)CC[C@]3(C)C(=CC[C@@]4(C)[C@@]3(C)CC[C@@H]3[C@](C)(C(=O)O)[C@@H](O[C@@H]5O[C@H](CO)[C@@H](O)[C@H](O)[C@H]5O)[C@@H](O)C[C@@]34C)[C@@H]2C1. The molecule has 6 aliphatic rings. The van der Waals surface area contributed by atoms with E-state index in [9.17, 15) is 45.3 Å². The Bertz CT molecular complexity index is 1360. The van der Waals surface area contributed by atoms with E-state index in [-0.39, 0.29) is 28.6 Å². The Morgan fingerprint density at radius 3 is 2.08 bits per heavy atom. The lowest BCUT2D eigenvalue weighted by molar-refractivity contribution is -0.345. The topological polar surface area (TPSA) is 194 Å². The van der Waals surface area contributed by atoms with Gasteiger partial charge in [-0.2, -0.15) is 0 Å². The van der Waals surface area contributed by atoms with Crippen molar-refractivity contribution in [2.24, 2.45) is 49.7 Å². The normalized spacial score (nSPS) is 54.5. The summed E-state index contributed by atoms with van der Waals surface area (Å²) in [6.45, 7) is 14.4. The van der Waals surface area contributed by atoms with E-state index in [4.69, 9.17) is 9.47 Å². The summed E-state index contributed by atoms with van der Waals surface area (Å²) in [7, 11) is 0. The predicted octanol–water partition coefficient (Wildman–Crippen LogP) is 3.48. The summed E-state index contributed by atoms with van der Waals surface area (Å²) >= 11 is 0. The van der Waals surface area contributed by atoms with E-state index in [2.05, 4.69) is 47.6 Å². The van der Waals surface area contributed by atoms with Crippen molar-refractivity contribution >= 4 is 11.9 Å². The van der Waals surface area contributed by atoms with Crippen LogP contribution >= 0.6 is 0 Å². The van der Waals surface area contributed by atoms with Crippen LogP contribution in [0.5, 0.6) is 0 Å². The maximum absolute atomic E-state index is 13.5. The molecule has 0 unspecified atom stereocenters. The monoisotopic (exact) mass is 678 g/mol. The lowest BCUT2D eigenvalue weighted by atomic mass is 9.28. The third kappa shape index (κ3) is 4.43. The summed E-state index contributed by atoms with van der Waals surface area (Å²) in [5, 5.41) is 74.7. The van der Waals surface area contributed by atoms with E-state index in [1.807, 2.05) is 0 Å². The van der Waals surface area contributed by atoms with E-state index in [0.29, 0.717) is 32.1 Å². The van der Waals surface area contributed by atoms with Gasteiger partial charge in [0.05, 0.1) is 23.5 Å². The molecule has 11 nitrogen and oxygen atoms in total. The van der Waals surface area contributed by atoms with Crippen molar-refractivity contribution in [3.8, 4) is 0 Å². The number of ether oxygens (including phenoxy) is 2. The van der Waals surface area contributed by atoms with Gasteiger partial charge in [0.25, 0.3) is 0 Å². The van der Waals surface area contributed by atoms with Crippen LogP contribution in [0.3, 0.4) is 0 Å². The molecule has 0 radical (unpaired) electrons. The lowest BCUT2D eigenvalue weighted by Crippen LogP contribution is -2.73. The highest BCUT2D eigenvalue weighted by atomic mass is 16.7. The molecule has 0 amide bonds. The number of carboxylic acids is 2. The fraction of sp³-hybridized carbons (Fsp3) is 0.892. The smallest absolute Gasteiger partial charge is 0.312 e. The molecule has 0 aromatic rings. The van der Waals surface area contributed by atoms with Crippen molar-refractivity contribution in [2.45, 2.75) is 149 Å². The number of aliphatic hydroxyl groups excluding tert-OH is 5. The molecule has 5 fully saturated rings. The first kappa shape index (κ1) is 36.2. The maximum atomic E-state index is 13.5. The molecule has 0 aromatic carbocycles. The lowest BCUT2D eigenvalue weighted by Gasteiger charge is -2.75. The number of carbonyl (C=O) groups is 2. The molecule has 1 aliphatic heterocycles. The van der Waals surface area contributed by atoms with E-state index < -0.39 is 89.0 Å². The number of aliphatic hydroxyl groups is 5. The van der Waals surface area contributed by atoms with Gasteiger partial charge in [0.1, 0.15) is 30.5 Å². The third-order valence-electron chi connectivity index (χ3n) is 16.2. The number of hydrogen-bond acceptors (Lipinski definition) is 9. The number of carboxylic acid groups (broad SMARTS) is 2. The second kappa shape index (κ2) is 11.2. The van der Waals surface area contributed by atoms with Crippen LogP contribution in [-0.4, -0.2) is 97.2 Å². The van der Waals surface area contributed by atoms with Crippen LogP contribution in [-0.2, 0) is 19.1 Å². The second-order valence-corrected chi connectivity index (χ2v) is 18.4. The number of hydrogen-bond donors (Lipinski definition) is 7. The molecule has 4 saturated carbocycles. The zero-order valence-electron chi connectivity index (χ0n) is 29.6. The van der Waals surface area contributed by atoms with Gasteiger partial charge in [-0.3, -0.25) is 9.59 Å². The Morgan fingerprint density at radius 2 is 1.48 bits per heavy atom. The van der Waals surface area contributed by atoms with Gasteiger partial charge in [0.15, 0.2) is 6.29 Å². The molecular formula is C37H58O11. The zero-order valence-corrected chi connectivity index (χ0v) is 29.6. The van der Waals surface area contributed by atoms with Gasteiger partial charge in [-0.25, -0.2) is 0 Å². The van der Waals surface area contributed by atoms with Gasteiger partial charge in [-0.15, -0.1) is 0 Å². The largest absolute Gasteiger partial charge is 0.481 e. The highest BCUT2D eigenvalue weighted by molar-refractivity contribution is 5.77. The van der Waals surface area contributed by atoms with E-state index >= 15 is 0 Å². The van der Waals surface area contributed by atoms with E-state index in [1.54, 1.807) is 6.92 Å². The third-order valence-corrected chi connectivity index (χ3v) is 16.2. The average molecular weight is 679 g/mol. The Labute approximate surface area is 283 Å². The molecule has 1 saturated heterocycles. The zero-order chi connectivity index (χ0) is 35.6. The van der Waals surface area contributed by atoms with E-state index in [0.717, 1.165) is 19.3 Å². The molecule has 11 heteroatoms. The summed E-state index contributed by atoms with van der Waals surface area (Å²) in [4.78, 5) is 26.5. The minimum absolute atomic E-state index is 0.0285. The first-order valence-corrected chi connectivity index (χ1v) is 17.9. The Kier molecular flexibility index (Phi) is 8.45. The highest BCUT2D eigenvalue weighted by Gasteiger charge is 2.76. The van der Waals surface area contributed by atoms with Crippen LogP contribution in [0, 0.1) is 49.7 Å². The first-order valence-electron chi connectivity index (χ1n) is 17.9. The van der Waals surface area contributed by atoms with Crippen LogP contribution in [0.1, 0.15) is 106 Å². The molecule has 0 aromatic heterocycles. The Morgan fingerprint density at radius 1 is 0.833 bits per heavy atom. The van der Waals surface area contributed by atoms with Crippen molar-refractivity contribution in [2.75, 3.05) is 6.61 Å². The fourth-order valence-electron chi connectivity index (χ4n) is 12.6. The molecule has 7 N–H and O–H groups in total. The van der Waals surface area contributed by atoms with Crippen molar-refractivity contribution in [3.05, 3.63) is 11.6 Å². The van der Waals surface area contributed by atoms with Gasteiger partial charge in [0.2, 0.25) is 0 Å². The standard InChI is InChI=1S/C37H58O11/c1-31(2)12-14-37(30(45)46)15-13-32(3)19(20(37)16-31)8-10-35(6)33(4)17-21(39)27(36(7,29(43)44)23(33)9-11-34(32,35)5)48-28-26(42)25(41)24(40)22(18-38)47-28/h8,20-28,38-42H,9-18H2,1-7H3,(H,43,44)(H,45,46)/t20-,21-,22+,23-,24+,25-,26+,27-,28-,32+,33-,34-,35+,36-,37-/m0/s1. The molecule has 0 bridgehead atoms.